The summed E-state index contributed by atoms with van der Waals surface area (Å²) in [6, 6.07) is 73.0. The van der Waals surface area contributed by atoms with Crippen molar-refractivity contribution in [3.05, 3.63) is 200 Å². The average molecular weight is 769 g/mol. The Labute approximate surface area is 345 Å². The zero-order valence-corrected chi connectivity index (χ0v) is 32.7. The molecule has 5 heteroatoms. The van der Waals surface area contributed by atoms with Gasteiger partial charge in [-0.2, -0.15) is 11.6 Å². The summed E-state index contributed by atoms with van der Waals surface area (Å²) in [5.74, 6) is 1.95. The molecule has 0 fully saturated rings. The maximum atomic E-state index is 6.87. The smallest absolute Gasteiger partial charge is 0.289 e. The largest absolute Gasteiger partial charge is 0.458 e. The van der Waals surface area contributed by atoms with Crippen molar-refractivity contribution in [1.82, 2.24) is 9.13 Å². The fourth-order valence-corrected chi connectivity index (χ4v) is 11.3. The van der Waals surface area contributed by atoms with Crippen molar-refractivity contribution >= 4 is 72.1 Å². The Kier molecular flexibility index (Phi) is 7.04. The Hall–Kier alpha value is -7.21. The van der Waals surface area contributed by atoms with E-state index in [4.69, 9.17) is 4.74 Å². The molecule has 0 atom stereocenters. The monoisotopic (exact) mass is 768 g/mol. The maximum absolute atomic E-state index is 6.87. The van der Waals surface area contributed by atoms with Gasteiger partial charge >= 0.3 is 0 Å². The Balaban J connectivity index is 1.02. The van der Waals surface area contributed by atoms with Crippen molar-refractivity contribution < 1.29 is 4.74 Å². The molecule has 274 valence electrons. The first-order chi connectivity index (χ1) is 29.3. The van der Waals surface area contributed by atoms with E-state index in [9.17, 15) is 0 Å². The van der Waals surface area contributed by atoms with Crippen molar-refractivity contribution in [3.8, 4) is 56.3 Å². The number of benzene rings is 9. The van der Waals surface area contributed by atoms with Crippen molar-refractivity contribution in [2.24, 2.45) is 0 Å². The molecule has 0 N–H and O–H groups in total. The normalized spacial score (nSPS) is 12.8. The molecule has 2 aromatic heterocycles. The number of nitrogens with zero attached hydrogens (tertiary/aromatic N) is 2. The van der Waals surface area contributed by atoms with Gasteiger partial charge in [0, 0.05) is 37.6 Å². The predicted octanol–water partition coefficient (Wildman–Crippen LogP) is 13.2. The topological polar surface area (TPSA) is 19.1 Å². The van der Waals surface area contributed by atoms with Gasteiger partial charge in [0.05, 0.1) is 33.4 Å². The van der Waals surface area contributed by atoms with Crippen molar-refractivity contribution in [1.29, 1.82) is 0 Å². The molecule has 0 bridgehead atoms. The quantitative estimate of drug-likeness (QED) is 0.166. The molecule has 0 saturated heterocycles. The van der Waals surface area contributed by atoms with Crippen LogP contribution in [0.25, 0.3) is 88.4 Å². The molecule has 0 spiro atoms. The molecular formula is C54H33BN2OS. The lowest BCUT2D eigenvalue weighted by Crippen LogP contribution is -2.46. The first-order valence-electron chi connectivity index (χ1n) is 20.2. The SMILES string of the molecule is c1ccc2c(c1)Oc1cc(-c3ccccc3-n3c4ccccc4c4ccccc43)cc3c1B2Sc1cc(-c2ccccc2-n2c4ccccc4c4ccccc42)ccc1-3. The number of para-hydroxylation sites is 7. The van der Waals surface area contributed by atoms with Crippen LogP contribution in [0, 0.1) is 0 Å². The molecule has 13 rings (SSSR count). The number of hydrogen-bond acceptors (Lipinski definition) is 2. The van der Waals surface area contributed by atoms with Gasteiger partial charge in [-0.25, -0.2) is 0 Å². The van der Waals surface area contributed by atoms with Crippen molar-refractivity contribution in [2.75, 3.05) is 0 Å². The highest BCUT2D eigenvalue weighted by Crippen LogP contribution is 2.47. The van der Waals surface area contributed by atoms with E-state index in [0.29, 0.717) is 0 Å². The highest BCUT2D eigenvalue weighted by atomic mass is 32.2. The molecule has 2 aliphatic heterocycles. The molecule has 0 unspecified atom stereocenters. The second-order valence-corrected chi connectivity index (χ2v) is 16.7. The summed E-state index contributed by atoms with van der Waals surface area (Å²) >= 11 is 1.94. The van der Waals surface area contributed by atoms with Crippen LogP contribution in [0.1, 0.15) is 0 Å². The van der Waals surface area contributed by atoms with Gasteiger partial charge < -0.3 is 13.9 Å². The summed E-state index contributed by atoms with van der Waals surface area (Å²) in [6.07, 6.45) is 0. The number of ether oxygens (including phenoxy) is 1. The fraction of sp³-hybridized carbons (Fsp3) is 0. The molecular weight excluding hydrogens is 735 g/mol. The zero-order chi connectivity index (χ0) is 38.6. The zero-order valence-electron chi connectivity index (χ0n) is 31.8. The van der Waals surface area contributed by atoms with E-state index in [0.717, 1.165) is 28.3 Å². The van der Waals surface area contributed by atoms with Crippen LogP contribution < -0.4 is 15.7 Å². The van der Waals surface area contributed by atoms with Gasteiger partial charge in [-0.05, 0) is 93.8 Å². The minimum Gasteiger partial charge on any atom is -0.458 e. The summed E-state index contributed by atoms with van der Waals surface area (Å²) in [5, 5.41) is 5.03. The summed E-state index contributed by atoms with van der Waals surface area (Å²) < 4.78 is 11.7. The van der Waals surface area contributed by atoms with Crippen LogP contribution in [-0.2, 0) is 0 Å². The van der Waals surface area contributed by atoms with Crippen molar-refractivity contribution in [3.63, 3.8) is 0 Å². The number of aromatic nitrogens is 2. The number of hydrogen-bond donors (Lipinski definition) is 0. The molecule has 4 heterocycles. The van der Waals surface area contributed by atoms with Gasteiger partial charge in [-0.3, -0.25) is 0 Å². The molecule has 11 aromatic rings. The third-order valence-corrected chi connectivity index (χ3v) is 13.7. The Morgan fingerprint density at radius 2 is 0.864 bits per heavy atom. The summed E-state index contributed by atoms with van der Waals surface area (Å²) in [4.78, 5) is 1.27. The highest BCUT2D eigenvalue weighted by molar-refractivity contribution is 8.28. The van der Waals surface area contributed by atoms with Gasteiger partial charge in [0.1, 0.15) is 11.5 Å². The average Bonchev–Trinajstić information content (AvgIpc) is 3.82. The molecule has 2 aliphatic rings. The van der Waals surface area contributed by atoms with Crippen LogP contribution in [0.15, 0.2) is 205 Å². The number of rotatable bonds is 4. The van der Waals surface area contributed by atoms with E-state index in [-0.39, 0.29) is 5.99 Å². The minimum atomic E-state index is 0.0990. The van der Waals surface area contributed by atoms with Gasteiger partial charge in [0.25, 0.3) is 5.99 Å². The predicted molar refractivity (Wildman–Crippen MR) is 249 cm³/mol. The van der Waals surface area contributed by atoms with Gasteiger partial charge in [0.2, 0.25) is 0 Å². The van der Waals surface area contributed by atoms with E-state index in [1.165, 1.54) is 87.4 Å². The van der Waals surface area contributed by atoms with Crippen LogP contribution in [0.5, 0.6) is 11.5 Å². The molecule has 3 nitrogen and oxygen atoms in total. The Morgan fingerprint density at radius 1 is 0.373 bits per heavy atom. The lowest BCUT2D eigenvalue weighted by molar-refractivity contribution is 0.488. The molecule has 9 aromatic carbocycles. The lowest BCUT2D eigenvalue weighted by Gasteiger charge is -2.33. The van der Waals surface area contributed by atoms with E-state index in [2.05, 4.69) is 209 Å². The van der Waals surface area contributed by atoms with Crippen LogP contribution in [0.4, 0.5) is 0 Å². The molecule has 59 heavy (non-hydrogen) atoms. The van der Waals surface area contributed by atoms with Gasteiger partial charge in [0.15, 0.2) is 0 Å². The van der Waals surface area contributed by atoms with Gasteiger partial charge in [-0.15, -0.1) is 0 Å². The molecule has 0 aliphatic carbocycles. The fourth-order valence-electron chi connectivity index (χ4n) is 9.87. The second kappa shape index (κ2) is 12.6. The van der Waals surface area contributed by atoms with E-state index in [1.54, 1.807) is 0 Å². The Morgan fingerprint density at radius 3 is 1.46 bits per heavy atom. The van der Waals surface area contributed by atoms with Crippen LogP contribution in [-0.4, -0.2) is 15.1 Å². The maximum Gasteiger partial charge on any atom is 0.289 e. The lowest BCUT2D eigenvalue weighted by atomic mass is 9.57. The Bertz CT molecular complexity index is 3440. The second-order valence-electron chi connectivity index (χ2n) is 15.6. The highest BCUT2D eigenvalue weighted by Gasteiger charge is 2.39. The molecule has 0 radical (unpaired) electrons. The third kappa shape index (κ3) is 4.80. The van der Waals surface area contributed by atoms with Gasteiger partial charge in [-0.1, -0.05) is 140 Å². The minimum absolute atomic E-state index is 0.0990. The summed E-state index contributed by atoms with van der Waals surface area (Å²) in [7, 11) is 0. The van der Waals surface area contributed by atoms with E-state index >= 15 is 0 Å². The van der Waals surface area contributed by atoms with Crippen LogP contribution in [0.3, 0.4) is 0 Å². The third-order valence-electron chi connectivity index (χ3n) is 12.4. The van der Waals surface area contributed by atoms with E-state index in [1.807, 2.05) is 11.6 Å². The molecule has 0 saturated carbocycles. The number of fused-ring (bicyclic) bond motifs is 10. The van der Waals surface area contributed by atoms with Crippen LogP contribution >= 0.6 is 11.6 Å². The summed E-state index contributed by atoms with van der Waals surface area (Å²) in [6.45, 7) is 0. The first-order valence-corrected chi connectivity index (χ1v) is 21.1. The van der Waals surface area contributed by atoms with Crippen LogP contribution in [0.2, 0.25) is 0 Å². The van der Waals surface area contributed by atoms with E-state index < -0.39 is 0 Å². The van der Waals surface area contributed by atoms with Crippen molar-refractivity contribution in [2.45, 2.75) is 4.90 Å². The summed E-state index contributed by atoms with van der Waals surface area (Å²) in [5.41, 5.74) is 16.8. The first kappa shape index (κ1) is 32.8. The molecule has 0 amide bonds. The standard InChI is InChI=1S/C54H33BN2OS/c1-8-22-45(56-47-24-10-3-17-38(47)39-18-4-11-25-48(39)56)36(15-1)34-29-30-42-43-31-35(32-52-54(43)55(59-53(42)33-34)44-21-7-14-28-51(44)58-52)37-16-2-9-23-46(37)57-49-26-12-5-19-40(49)41-20-6-13-27-50(41)57/h1-33H.